The molecule has 1 N–H and O–H groups in total. The Morgan fingerprint density at radius 2 is 1.69 bits per heavy atom. The Morgan fingerprint density at radius 1 is 1.12 bits per heavy atom. The average Bonchev–Trinajstić information content (AvgIpc) is 2.15. The highest BCUT2D eigenvalue weighted by molar-refractivity contribution is 5.20. The summed E-state index contributed by atoms with van der Waals surface area (Å²) >= 11 is 0. The first-order chi connectivity index (χ1) is 7.57. The molecule has 1 fully saturated rings. The topological polar surface area (TPSA) is 29.5 Å². The lowest BCUT2D eigenvalue weighted by Gasteiger charge is -2.32. The Labute approximate surface area is 92.9 Å². The smallest absolute Gasteiger partial charge is 0.126 e. The van der Waals surface area contributed by atoms with Crippen LogP contribution in [0.2, 0.25) is 0 Å². The summed E-state index contributed by atoms with van der Waals surface area (Å²) in [5.74, 6) is -1.21. The van der Waals surface area contributed by atoms with Crippen molar-refractivity contribution >= 4 is 0 Å². The van der Waals surface area contributed by atoms with Gasteiger partial charge in [0.1, 0.15) is 11.6 Å². The number of ether oxygens (including phenoxy) is 1. The first-order valence-corrected chi connectivity index (χ1v) is 5.33. The second kappa shape index (κ2) is 4.47. The summed E-state index contributed by atoms with van der Waals surface area (Å²) in [7, 11) is 0. The molecule has 2 rings (SSSR count). The van der Waals surface area contributed by atoms with Gasteiger partial charge in [-0.2, -0.15) is 0 Å². The maximum absolute atomic E-state index is 13.0. The van der Waals surface area contributed by atoms with Gasteiger partial charge in [-0.05, 0) is 30.5 Å². The molecule has 0 atom stereocenters. The number of hydrogen-bond acceptors (Lipinski definition) is 2. The Morgan fingerprint density at radius 3 is 2.25 bits per heavy atom. The minimum Gasteiger partial charge on any atom is -0.389 e. The van der Waals surface area contributed by atoms with Gasteiger partial charge in [-0.1, -0.05) is 0 Å². The van der Waals surface area contributed by atoms with E-state index in [2.05, 4.69) is 0 Å². The second-order valence-corrected chi connectivity index (χ2v) is 4.29. The molecule has 1 aliphatic heterocycles. The number of benzene rings is 1. The number of hydrogen-bond donors (Lipinski definition) is 1. The van der Waals surface area contributed by atoms with Crippen LogP contribution in [0.4, 0.5) is 8.78 Å². The molecule has 0 amide bonds. The number of halogens is 2. The maximum Gasteiger partial charge on any atom is 0.126 e. The standard InChI is InChI=1S/C12H14F2O2/c13-10-5-9(6-11(14)7-10)8-12(15)1-3-16-4-2-12/h5-7,15H,1-4,8H2. The molecule has 16 heavy (non-hydrogen) atoms. The third kappa shape index (κ3) is 2.77. The van der Waals surface area contributed by atoms with Gasteiger partial charge in [0.15, 0.2) is 0 Å². The van der Waals surface area contributed by atoms with Crippen LogP contribution >= 0.6 is 0 Å². The Hall–Kier alpha value is -1.00. The van der Waals surface area contributed by atoms with Crippen molar-refractivity contribution in [1.29, 1.82) is 0 Å². The van der Waals surface area contributed by atoms with E-state index in [0.717, 1.165) is 6.07 Å². The summed E-state index contributed by atoms with van der Waals surface area (Å²) in [6.07, 6.45) is 1.28. The number of aliphatic hydroxyl groups is 1. The van der Waals surface area contributed by atoms with Crippen LogP contribution in [0.15, 0.2) is 18.2 Å². The Balaban J connectivity index is 2.13. The highest BCUT2D eigenvalue weighted by Gasteiger charge is 2.30. The molecule has 1 aliphatic rings. The van der Waals surface area contributed by atoms with Gasteiger partial charge in [0.2, 0.25) is 0 Å². The van der Waals surface area contributed by atoms with E-state index in [1.54, 1.807) is 0 Å². The third-order valence-corrected chi connectivity index (χ3v) is 2.88. The molecule has 0 aliphatic carbocycles. The van der Waals surface area contributed by atoms with E-state index in [0.29, 0.717) is 31.6 Å². The lowest BCUT2D eigenvalue weighted by molar-refractivity contribution is -0.0626. The predicted octanol–water partition coefficient (Wildman–Crippen LogP) is 2.05. The summed E-state index contributed by atoms with van der Waals surface area (Å²) in [5, 5.41) is 10.2. The average molecular weight is 228 g/mol. The lowest BCUT2D eigenvalue weighted by Crippen LogP contribution is -2.38. The van der Waals surface area contributed by atoms with Crippen LogP contribution in [-0.4, -0.2) is 23.9 Å². The third-order valence-electron chi connectivity index (χ3n) is 2.88. The fourth-order valence-corrected chi connectivity index (χ4v) is 2.02. The first-order valence-electron chi connectivity index (χ1n) is 5.33. The quantitative estimate of drug-likeness (QED) is 0.839. The molecule has 0 bridgehead atoms. The predicted molar refractivity (Wildman–Crippen MR) is 55.1 cm³/mol. The van der Waals surface area contributed by atoms with E-state index < -0.39 is 17.2 Å². The van der Waals surface area contributed by atoms with E-state index in [1.165, 1.54) is 12.1 Å². The summed E-state index contributed by atoms with van der Waals surface area (Å²) in [5.41, 5.74) is -0.403. The van der Waals surface area contributed by atoms with Crippen LogP contribution in [0.5, 0.6) is 0 Å². The van der Waals surface area contributed by atoms with Gasteiger partial charge in [0.05, 0.1) is 5.60 Å². The first kappa shape index (κ1) is 11.5. The number of rotatable bonds is 2. The lowest BCUT2D eigenvalue weighted by atomic mass is 9.87. The summed E-state index contributed by atoms with van der Waals surface area (Å²) in [6.45, 7) is 0.989. The maximum atomic E-state index is 13.0. The van der Waals surface area contributed by atoms with Gasteiger partial charge in [0.25, 0.3) is 0 Å². The van der Waals surface area contributed by atoms with Crippen LogP contribution in [0.25, 0.3) is 0 Å². The minimum atomic E-state index is -0.890. The SMILES string of the molecule is OC1(Cc2cc(F)cc(F)c2)CCOCC1. The zero-order valence-electron chi connectivity index (χ0n) is 8.88. The molecule has 0 spiro atoms. The minimum absolute atomic E-state index is 0.269. The van der Waals surface area contributed by atoms with Gasteiger partial charge in [-0.15, -0.1) is 0 Å². The zero-order valence-corrected chi connectivity index (χ0v) is 8.88. The van der Waals surface area contributed by atoms with E-state index in [1.807, 2.05) is 0 Å². The van der Waals surface area contributed by atoms with Crippen molar-refractivity contribution in [2.75, 3.05) is 13.2 Å². The summed E-state index contributed by atoms with van der Waals surface area (Å²) in [6, 6.07) is 3.35. The van der Waals surface area contributed by atoms with Crippen molar-refractivity contribution in [2.24, 2.45) is 0 Å². The van der Waals surface area contributed by atoms with Crippen LogP contribution < -0.4 is 0 Å². The van der Waals surface area contributed by atoms with E-state index in [-0.39, 0.29) is 6.42 Å². The van der Waals surface area contributed by atoms with Crippen LogP contribution in [-0.2, 0) is 11.2 Å². The molecule has 2 nitrogen and oxygen atoms in total. The second-order valence-electron chi connectivity index (χ2n) is 4.29. The largest absolute Gasteiger partial charge is 0.389 e. The van der Waals surface area contributed by atoms with Crippen molar-refractivity contribution in [3.63, 3.8) is 0 Å². The van der Waals surface area contributed by atoms with Crippen molar-refractivity contribution in [3.8, 4) is 0 Å². The molecule has 1 aromatic rings. The van der Waals surface area contributed by atoms with Gasteiger partial charge in [-0.25, -0.2) is 8.78 Å². The molecular formula is C12H14F2O2. The molecule has 4 heteroatoms. The molecule has 1 aromatic carbocycles. The van der Waals surface area contributed by atoms with E-state index >= 15 is 0 Å². The Bertz CT molecular complexity index is 353. The molecule has 88 valence electrons. The monoisotopic (exact) mass is 228 g/mol. The van der Waals surface area contributed by atoms with Crippen molar-refractivity contribution in [3.05, 3.63) is 35.4 Å². The molecular weight excluding hydrogens is 214 g/mol. The fourth-order valence-electron chi connectivity index (χ4n) is 2.02. The van der Waals surface area contributed by atoms with Gasteiger partial charge in [-0.3, -0.25) is 0 Å². The van der Waals surface area contributed by atoms with Crippen molar-refractivity contribution < 1.29 is 18.6 Å². The van der Waals surface area contributed by atoms with Crippen LogP contribution in [0.1, 0.15) is 18.4 Å². The highest BCUT2D eigenvalue weighted by atomic mass is 19.1. The molecule has 1 saturated heterocycles. The molecule has 0 saturated carbocycles. The molecule has 0 aromatic heterocycles. The van der Waals surface area contributed by atoms with Gasteiger partial charge < -0.3 is 9.84 Å². The Kier molecular flexibility index (Phi) is 3.21. The van der Waals surface area contributed by atoms with Gasteiger partial charge in [0, 0.05) is 25.7 Å². The van der Waals surface area contributed by atoms with Gasteiger partial charge >= 0.3 is 0 Å². The van der Waals surface area contributed by atoms with E-state index in [4.69, 9.17) is 4.74 Å². The molecule has 0 radical (unpaired) electrons. The van der Waals surface area contributed by atoms with Crippen LogP contribution in [0.3, 0.4) is 0 Å². The normalized spacial score (nSPS) is 19.7. The fraction of sp³-hybridized carbons (Fsp3) is 0.500. The summed E-state index contributed by atoms with van der Waals surface area (Å²) < 4.78 is 31.1. The van der Waals surface area contributed by atoms with Crippen molar-refractivity contribution in [2.45, 2.75) is 24.9 Å². The zero-order chi connectivity index (χ0) is 11.6. The van der Waals surface area contributed by atoms with E-state index in [9.17, 15) is 13.9 Å². The van der Waals surface area contributed by atoms with Crippen LogP contribution in [0, 0.1) is 11.6 Å². The van der Waals surface area contributed by atoms with Crippen molar-refractivity contribution in [1.82, 2.24) is 0 Å². The molecule has 1 heterocycles. The summed E-state index contributed by atoms with van der Waals surface area (Å²) in [4.78, 5) is 0. The highest BCUT2D eigenvalue weighted by Crippen LogP contribution is 2.25. The molecule has 0 unspecified atom stereocenters.